The van der Waals surface area contributed by atoms with Crippen molar-refractivity contribution in [3.8, 4) is 16.3 Å². The standard InChI is InChI=1S/C24H29N5O6S4/c1-35-15-10-8-14(9-11-15)25-22-28-26-20(19(34)18(33)17(32)16(31)12-30)24(36-2,38-22)39-23-29-27-21(37-23)13-6-4-3-5-7-13/h3-11,16-20,26,30-34H,12H2,1-2H3,(H,25,28)/t16-,17-,18+,19-,20?,24?/m1/s1. The number of aromatic nitrogens is 2. The van der Waals surface area contributed by atoms with Crippen molar-refractivity contribution in [2.45, 2.75) is 38.2 Å². The molecule has 1 aliphatic rings. The van der Waals surface area contributed by atoms with Crippen molar-refractivity contribution in [3.05, 3.63) is 54.6 Å². The Morgan fingerprint density at radius 3 is 2.41 bits per heavy atom. The van der Waals surface area contributed by atoms with E-state index in [0.717, 1.165) is 10.6 Å². The maximum absolute atomic E-state index is 11.2. The highest BCUT2D eigenvalue weighted by molar-refractivity contribution is 8.38. The molecule has 0 saturated carbocycles. The van der Waals surface area contributed by atoms with Crippen LogP contribution in [0.15, 0.2) is 63.9 Å². The van der Waals surface area contributed by atoms with Crippen LogP contribution in [0.1, 0.15) is 0 Å². The van der Waals surface area contributed by atoms with E-state index in [2.05, 4.69) is 26.0 Å². The lowest BCUT2D eigenvalue weighted by Crippen LogP contribution is -2.66. The van der Waals surface area contributed by atoms with Crippen LogP contribution >= 0.6 is 46.6 Å². The van der Waals surface area contributed by atoms with E-state index in [1.807, 2.05) is 36.6 Å². The molecule has 4 rings (SSSR count). The fraction of sp³-hybridized carbons (Fsp3) is 0.375. The van der Waals surface area contributed by atoms with Crippen LogP contribution in [-0.2, 0) is 0 Å². The molecule has 2 unspecified atom stereocenters. The van der Waals surface area contributed by atoms with Crippen molar-refractivity contribution in [1.29, 1.82) is 0 Å². The normalized spacial score (nSPS) is 23.6. The van der Waals surface area contributed by atoms with Crippen molar-refractivity contribution in [2.24, 2.45) is 4.99 Å². The van der Waals surface area contributed by atoms with E-state index in [-0.39, 0.29) is 0 Å². The minimum atomic E-state index is -1.78. The molecule has 7 N–H and O–H groups in total. The number of aliphatic hydroxyl groups excluding tert-OH is 5. The van der Waals surface area contributed by atoms with Crippen LogP contribution in [0.5, 0.6) is 5.75 Å². The first-order valence-corrected chi connectivity index (χ1v) is 15.4. The highest BCUT2D eigenvalue weighted by Gasteiger charge is 2.52. The molecular formula is C24H29N5O6S4. The molecule has 1 fully saturated rings. The first kappa shape index (κ1) is 30.0. The van der Waals surface area contributed by atoms with Crippen molar-refractivity contribution in [3.63, 3.8) is 0 Å². The molecular weight excluding hydrogens is 583 g/mol. The molecule has 2 aromatic carbocycles. The number of rotatable bonds is 11. The average Bonchev–Trinajstić information content (AvgIpc) is 3.44. The molecule has 210 valence electrons. The maximum Gasteiger partial charge on any atom is 0.178 e. The number of nitrogens with one attached hydrogen (secondary N) is 2. The van der Waals surface area contributed by atoms with Gasteiger partial charge in [-0.1, -0.05) is 65.2 Å². The van der Waals surface area contributed by atoms with Crippen LogP contribution in [0.4, 0.5) is 5.69 Å². The Labute approximate surface area is 242 Å². The zero-order chi connectivity index (χ0) is 28.0. The Hall–Kier alpha value is -1.92. The van der Waals surface area contributed by atoms with E-state index in [0.29, 0.717) is 20.9 Å². The molecule has 0 spiro atoms. The lowest BCUT2D eigenvalue weighted by atomic mass is 9.99. The van der Waals surface area contributed by atoms with E-state index < -0.39 is 40.5 Å². The van der Waals surface area contributed by atoms with Gasteiger partial charge in [0.2, 0.25) is 0 Å². The van der Waals surface area contributed by atoms with Gasteiger partial charge in [-0.15, -0.1) is 22.0 Å². The summed E-state index contributed by atoms with van der Waals surface area (Å²) in [6, 6.07) is 15.9. The monoisotopic (exact) mass is 611 g/mol. The van der Waals surface area contributed by atoms with Gasteiger partial charge in [0.15, 0.2) is 9.51 Å². The number of methoxy groups -OCH3 is 1. The number of amidine groups is 1. The minimum absolute atomic E-state index is 0.490. The minimum Gasteiger partial charge on any atom is -0.497 e. The fourth-order valence-electron chi connectivity index (χ4n) is 3.67. The van der Waals surface area contributed by atoms with E-state index in [4.69, 9.17) is 4.74 Å². The number of aliphatic imine (C=N–C) groups is 1. The van der Waals surface area contributed by atoms with Gasteiger partial charge < -0.3 is 30.3 Å². The molecule has 15 heteroatoms. The number of ether oxygens (including phenoxy) is 1. The predicted molar refractivity (Wildman–Crippen MR) is 156 cm³/mol. The number of thioether (sulfide) groups is 3. The first-order chi connectivity index (χ1) is 18.8. The van der Waals surface area contributed by atoms with E-state index >= 15 is 0 Å². The Bertz CT molecular complexity index is 1240. The molecule has 39 heavy (non-hydrogen) atoms. The number of benzene rings is 2. The van der Waals surface area contributed by atoms with Gasteiger partial charge in [-0.05, 0) is 30.5 Å². The summed E-state index contributed by atoms with van der Waals surface area (Å²) >= 11 is 5.41. The highest BCUT2D eigenvalue weighted by Crippen LogP contribution is 2.55. The first-order valence-electron chi connectivity index (χ1n) is 11.7. The van der Waals surface area contributed by atoms with E-state index in [9.17, 15) is 25.5 Å². The summed E-state index contributed by atoms with van der Waals surface area (Å²) in [6.07, 6.45) is -4.89. The van der Waals surface area contributed by atoms with E-state index in [1.54, 1.807) is 31.4 Å². The molecule has 1 aliphatic heterocycles. The molecule has 0 aliphatic carbocycles. The SMILES string of the molecule is COc1ccc(N=C2NNC([C@H](O)[C@@H](O)[C@H](O)[C@H](O)CO)C(SC)(Sc3nnc(-c4ccccc4)s3)S2)cc1. The number of aliphatic hydroxyl groups is 5. The maximum atomic E-state index is 11.2. The molecule has 0 radical (unpaired) electrons. The number of nitrogens with zero attached hydrogens (tertiary/aromatic N) is 3. The second-order valence-electron chi connectivity index (χ2n) is 8.33. The predicted octanol–water partition coefficient (Wildman–Crippen LogP) is 1.66. The summed E-state index contributed by atoms with van der Waals surface area (Å²) in [5.74, 6) is 0.696. The third-order valence-electron chi connectivity index (χ3n) is 5.82. The number of hydrogen-bond acceptors (Lipinski definition) is 14. The van der Waals surface area contributed by atoms with Gasteiger partial charge >= 0.3 is 0 Å². The molecule has 1 saturated heterocycles. The van der Waals surface area contributed by atoms with Gasteiger partial charge in [0.1, 0.15) is 38.6 Å². The van der Waals surface area contributed by atoms with Crippen LogP contribution in [0.2, 0.25) is 0 Å². The summed E-state index contributed by atoms with van der Waals surface area (Å²) < 4.78 is 4.86. The van der Waals surface area contributed by atoms with E-state index in [1.165, 1.54) is 46.6 Å². The second kappa shape index (κ2) is 13.6. The quantitative estimate of drug-likeness (QED) is 0.156. The van der Waals surface area contributed by atoms with Gasteiger partial charge in [0.05, 0.1) is 25.4 Å². The number of hydrazine groups is 1. The van der Waals surface area contributed by atoms with Gasteiger partial charge in [0.25, 0.3) is 0 Å². The summed E-state index contributed by atoms with van der Waals surface area (Å²) in [4.78, 5) is 4.67. The largest absolute Gasteiger partial charge is 0.497 e. The third-order valence-corrected chi connectivity index (χ3v) is 11.6. The Balaban J connectivity index is 1.66. The third kappa shape index (κ3) is 7.05. The summed E-state index contributed by atoms with van der Waals surface area (Å²) in [5.41, 5.74) is 7.59. The lowest BCUT2D eigenvalue weighted by molar-refractivity contribution is -0.121. The van der Waals surface area contributed by atoms with Crippen LogP contribution in [-0.4, -0.2) is 94.7 Å². The van der Waals surface area contributed by atoms with Gasteiger partial charge in [0, 0.05) is 5.56 Å². The Kier molecular flexibility index (Phi) is 10.5. The summed E-state index contributed by atoms with van der Waals surface area (Å²) in [5, 5.41) is 61.2. The lowest BCUT2D eigenvalue weighted by Gasteiger charge is -2.45. The topological polar surface area (TPSA) is 173 Å². The summed E-state index contributed by atoms with van der Waals surface area (Å²) in [7, 11) is 1.58. The van der Waals surface area contributed by atoms with Crippen LogP contribution in [0, 0.1) is 0 Å². The van der Waals surface area contributed by atoms with Crippen molar-refractivity contribution >= 4 is 57.5 Å². The van der Waals surface area contributed by atoms with Crippen molar-refractivity contribution in [1.82, 2.24) is 21.0 Å². The second-order valence-corrected chi connectivity index (χ2v) is 13.9. The van der Waals surface area contributed by atoms with Crippen LogP contribution in [0.25, 0.3) is 10.6 Å². The molecule has 11 nitrogen and oxygen atoms in total. The molecule has 0 amide bonds. The van der Waals surface area contributed by atoms with Gasteiger partial charge in [-0.25, -0.2) is 10.4 Å². The van der Waals surface area contributed by atoms with Gasteiger partial charge in [-0.2, -0.15) is 0 Å². The Morgan fingerprint density at radius 1 is 1.05 bits per heavy atom. The molecule has 3 aromatic rings. The smallest absolute Gasteiger partial charge is 0.178 e. The molecule has 6 atom stereocenters. The number of hydrogen-bond donors (Lipinski definition) is 7. The van der Waals surface area contributed by atoms with Gasteiger partial charge in [-0.3, -0.25) is 5.43 Å². The molecule has 1 aromatic heterocycles. The zero-order valence-corrected chi connectivity index (χ0v) is 24.2. The molecule has 0 bridgehead atoms. The zero-order valence-electron chi connectivity index (χ0n) is 20.9. The van der Waals surface area contributed by atoms with Crippen LogP contribution in [0.3, 0.4) is 0 Å². The average molecular weight is 612 g/mol. The van der Waals surface area contributed by atoms with Crippen LogP contribution < -0.4 is 15.6 Å². The Morgan fingerprint density at radius 2 is 1.77 bits per heavy atom. The fourth-order valence-corrected chi connectivity index (χ4v) is 9.11. The summed E-state index contributed by atoms with van der Waals surface area (Å²) in [6.45, 7) is -0.774. The van der Waals surface area contributed by atoms with Crippen molar-refractivity contribution in [2.75, 3.05) is 20.0 Å². The highest BCUT2D eigenvalue weighted by atomic mass is 32.3. The molecule has 2 heterocycles. The van der Waals surface area contributed by atoms with Crippen molar-refractivity contribution < 1.29 is 30.3 Å².